The number of rotatable bonds is 7. The van der Waals surface area contributed by atoms with Crippen LogP contribution in [0, 0.1) is 0 Å². The predicted molar refractivity (Wildman–Crippen MR) is 76.4 cm³/mol. The molecular weight excluding hydrogens is 224 g/mol. The minimum Gasteiger partial charge on any atom is -0.329 e. The van der Waals surface area contributed by atoms with E-state index < -0.39 is 0 Å². The first kappa shape index (κ1) is 15.2. The highest BCUT2D eigenvalue weighted by atomic mass is 15.3. The number of hydrogen-bond acceptors (Lipinski definition) is 3. The summed E-state index contributed by atoms with van der Waals surface area (Å²) >= 11 is 0. The van der Waals surface area contributed by atoms with E-state index in [1.54, 1.807) is 0 Å². The molecule has 1 unspecified atom stereocenters. The Balaban J connectivity index is 2.79. The summed E-state index contributed by atoms with van der Waals surface area (Å²) in [6, 6.07) is 2.52. The first-order valence-electron chi connectivity index (χ1n) is 6.96. The molecule has 4 nitrogen and oxygen atoms in total. The number of aromatic nitrogens is 2. The standard InChI is InChI=1S/C14H28N4/c1-6-14(5,11-15)17(7-2)10-13-8-9-18(16-13)12(3)4/h8-9,12H,6-7,10-11,15H2,1-5H3. The van der Waals surface area contributed by atoms with Gasteiger partial charge in [-0.1, -0.05) is 13.8 Å². The van der Waals surface area contributed by atoms with Gasteiger partial charge in [-0.05, 0) is 39.8 Å². The van der Waals surface area contributed by atoms with E-state index in [1.165, 1.54) is 0 Å². The minimum absolute atomic E-state index is 0.0658. The zero-order valence-electron chi connectivity index (χ0n) is 12.5. The number of hydrogen-bond donors (Lipinski definition) is 1. The van der Waals surface area contributed by atoms with Crippen LogP contribution in [-0.4, -0.2) is 33.3 Å². The number of nitrogens with two attached hydrogens (primary N) is 1. The Morgan fingerprint density at radius 2 is 2.11 bits per heavy atom. The molecule has 0 fully saturated rings. The van der Waals surface area contributed by atoms with Crippen molar-refractivity contribution in [2.75, 3.05) is 13.1 Å². The summed E-state index contributed by atoms with van der Waals surface area (Å²) in [4.78, 5) is 2.42. The van der Waals surface area contributed by atoms with E-state index in [4.69, 9.17) is 5.73 Å². The molecule has 18 heavy (non-hydrogen) atoms. The zero-order chi connectivity index (χ0) is 13.8. The van der Waals surface area contributed by atoms with E-state index in [-0.39, 0.29) is 5.54 Å². The Kier molecular flexibility index (Phi) is 5.35. The van der Waals surface area contributed by atoms with Crippen molar-refractivity contribution < 1.29 is 0 Å². The number of nitrogens with zero attached hydrogens (tertiary/aromatic N) is 3. The Morgan fingerprint density at radius 3 is 2.50 bits per heavy atom. The van der Waals surface area contributed by atoms with Crippen LogP contribution in [0.4, 0.5) is 0 Å². The fourth-order valence-corrected chi connectivity index (χ4v) is 2.13. The average molecular weight is 252 g/mol. The molecule has 4 heteroatoms. The second kappa shape index (κ2) is 6.34. The smallest absolute Gasteiger partial charge is 0.0765 e. The van der Waals surface area contributed by atoms with Crippen LogP contribution < -0.4 is 5.73 Å². The topological polar surface area (TPSA) is 47.1 Å². The lowest BCUT2D eigenvalue weighted by molar-refractivity contribution is 0.102. The minimum atomic E-state index is 0.0658. The maximum atomic E-state index is 5.93. The van der Waals surface area contributed by atoms with Gasteiger partial charge in [0.15, 0.2) is 0 Å². The molecule has 0 bridgehead atoms. The van der Waals surface area contributed by atoms with Crippen molar-refractivity contribution in [3.8, 4) is 0 Å². The molecule has 0 amide bonds. The Bertz CT molecular complexity index is 352. The van der Waals surface area contributed by atoms with E-state index in [0.29, 0.717) is 12.6 Å². The first-order chi connectivity index (χ1) is 8.46. The summed E-state index contributed by atoms with van der Waals surface area (Å²) < 4.78 is 2.01. The average Bonchev–Trinajstić information content (AvgIpc) is 2.83. The summed E-state index contributed by atoms with van der Waals surface area (Å²) in [5.41, 5.74) is 7.12. The molecule has 1 heterocycles. The van der Waals surface area contributed by atoms with E-state index in [2.05, 4.69) is 56.9 Å². The molecule has 0 radical (unpaired) electrons. The van der Waals surface area contributed by atoms with Crippen LogP contribution in [-0.2, 0) is 6.54 Å². The van der Waals surface area contributed by atoms with Crippen LogP contribution in [0.2, 0.25) is 0 Å². The third-order valence-corrected chi connectivity index (χ3v) is 3.89. The maximum Gasteiger partial charge on any atom is 0.0765 e. The van der Waals surface area contributed by atoms with Gasteiger partial charge in [0.05, 0.1) is 5.69 Å². The van der Waals surface area contributed by atoms with Gasteiger partial charge >= 0.3 is 0 Å². The monoisotopic (exact) mass is 252 g/mol. The van der Waals surface area contributed by atoms with Crippen molar-refractivity contribution >= 4 is 0 Å². The molecule has 1 atom stereocenters. The van der Waals surface area contributed by atoms with Crippen molar-refractivity contribution in [2.45, 2.75) is 59.2 Å². The van der Waals surface area contributed by atoms with E-state index in [9.17, 15) is 0 Å². The summed E-state index contributed by atoms with van der Waals surface area (Å²) in [7, 11) is 0. The van der Waals surface area contributed by atoms with Gasteiger partial charge in [0.2, 0.25) is 0 Å². The van der Waals surface area contributed by atoms with Gasteiger partial charge in [-0.25, -0.2) is 0 Å². The van der Waals surface area contributed by atoms with Crippen LogP contribution >= 0.6 is 0 Å². The lowest BCUT2D eigenvalue weighted by Gasteiger charge is -2.39. The lowest BCUT2D eigenvalue weighted by Crippen LogP contribution is -2.50. The van der Waals surface area contributed by atoms with Gasteiger partial charge in [0, 0.05) is 30.9 Å². The van der Waals surface area contributed by atoms with E-state index >= 15 is 0 Å². The molecule has 0 saturated heterocycles. The Labute approximate surface area is 111 Å². The second-order valence-electron chi connectivity index (χ2n) is 5.45. The quantitative estimate of drug-likeness (QED) is 0.810. The zero-order valence-corrected chi connectivity index (χ0v) is 12.5. The summed E-state index contributed by atoms with van der Waals surface area (Å²) in [6.45, 7) is 13.5. The maximum absolute atomic E-state index is 5.93. The largest absolute Gasteiger partial charge is 0.329 e. The highest BCUT2D eigenvalue weighted by Gasteiger charge is 2.27. The SMILES string of the molecule is CCN(Cc1ccn(C(C)C)n1)C(C)(CC)CN. The van der Waals surface area contributed by atoms with Gasteiger partial charge < -0.3 is 5.73 Å². The summed E-state index contributed by atoms with van der Waals surface area (Å²) in [5.74, 6) is 0. The van der Waals surface area contributed by atoms with Crippen LogP contribution in [0.25, 0.3) is 0 Å². The Morgan fingerprint density at radius 1 is 1.44 bits per heavy atom. The molecule has 1 aromatic rings. The summed E-state index contributed by atoms with van der Waals surface area (Å²) in [6.07, 6.45) is 3.11. The molecule has 0 saturated carbocycles. The molecule has 1 aromatic heterocycles. The van der Waals surface area contributed by atoms with Crippen molar-refractivity contribution in [1.29, 1.82) is 0 Å². The van der Waals surface area contributed by atoms with Crippen LogP contribution in [0.3, 0.4) is 0 Å². The Hall–Kier alpha value is -0.870. The molecule has 104 valence electrons. The second-order valence-corrected chi connectivity index (χ2v) is 5.45. The third kappa shape index (κ3) is 3.33. The summed E-state index contributed by atoms with van der Waals surface area (Å²) in [5, 5.41) is 4.61. The highest BCUT2D eigenvalue weighted by molar-refractivity contribution is 5.01. The fourth-order valence-electron chi connectivity index (χ4n) is 2.13. The molecule has 2 N–H and O–H groups in total. The molecule has 1 rings (SSSR count). The van der Waals surface area contributed by atoms with Gasteiger partial charge in [-0.2, -0.15) is 5.10 Å². The van der Waals surface area contributed by atoms with Gasteiger partial charge in [0.25, 0.3) is 0 Å². The first-order valence-corrected chi connectivity index (χ1v) is 6.96. The van der Waals surface area contributed by atoms with Gasteiger partial charge in [-0.3, -0.25) is 9.58 Å². The van der Waals surface area contributed by atoms with Gasteiger partial charge in [-0.15, -0.1) is 0 Å². The fraction of sp³-hybridized carbons (Fsp3) is 0.786. The van der Waals surface area contributed by atoms with Gasteiger partial charge in [0.1, 0.15) is 0 Å². The van der Waals surface area contributed by atoms with Crippen molar-refractivity contribution in [3.05, 3.63) is 18.0 Å². The lowest BCUT2D eigenvalue weighted by atomic mass is 9.96. The van der Waals surface area contributed by atoms with Crippen molar-refractivity contribution in [3.63, 3.8) is 0 Å². The highest BCUT2D eigenvalue weighted by Crippen LogP contribution is 2.20. The molecule has 0 aromatic carbocycles. The van der Waals surface area contributed by atoms with Crippen molar-refractivity contribution in [1.82, 2.24) is 14.7 Å². The molecule has 0 aliphatic carbocycles. The molecular formula is C14H28N4. The number of likely N-dealkylation sites (N-methyl/N-ethyl adjacent to an activating group) is 1. The van der Waals surface area contributed by atoms with Crippen LogP contribution in [0.15, 0.2) is 12.3 Å². The van der Waals surface area contributed by atoms with E-state index in [1.807, 2.05) is 4.68 Å². The molecule has 0 aliphatic heterocycles. The molecule has 0 spiro atoms. The third-order valence-electron chi connectivity index (χ3n) is 3.89. The van der Waals surface area contributed by atoms with Crippen molar-refractivity contribution in [2.24, 2.45) is 5.73 Å². The predicted octanol–water partition coefficient (Wildman–Crippen LogP) is 2.41. The van der Waals surface area contributed by atoms with E-state index in [0.717, 1.165) is 25.2 Å². The molecule has 0 aliphatic rings. The normalized spacial score (nSPS) is 15.3. The van der Waals surface area contributed by atoms with Crippen LogP contribution in [0.1, 0.15) is 52.8 Å². The van der Waals surface area contributed by atoms with Crippen LogP contribution in [0.5, 0.6) is 0 Å².